The van der Waals surface area contributed by atoms with Crippen molar-refractivity contribution < 1.29 is 4.79 Å². The van der Waals surface area contributed by atoms with Crippen LogP contribution in [-0.4, -0.2) is 36.4 Å². The van der Waals surface area contributed by atoms with E-state index in [1.54, 1.807) is 0 Å². The Morgan fingerprint density at radius 1 is 1.25 bits per heavy atom. The number of benzene rings is 1. The summed E-state index contributed by atoms with van der Waals surface area (Å²) in [7, 11) is 1.82. The fourth-order valence-electron chi connectivity index (χ4n) is 3.57. The van der Waals surface area contributed by atoms with E-state index in [9.17, 15) is 4.79 Å². The van der Waals surface area contributed by atoms with Crippen LogP contribution in [0, 0.1) is 0 Å². The van der Waals surface area contributed by atoms with Gasteiger partial charge in [0.25, 0.3) is 0 Å². The van der Waals surface area contributed by atoms with Gasteiger partial charge in [0.05, 0.1) is 0 Å². The largest absolute Gasteiger partial charge is 0.354 e. The van der Waals surface area contributed by atoms with E-state index in [2.05, 4.69) is 39.9 Å². The highest BCUT2D eigenvalue weighted by atomic mass is 16.2. The molecule has 2 fully saturated rings. The van der Waals surface area contributed by atoms with E-state index >= 15 is 0 Å². The molecule has 0 radical (unpaired) electrons. The molecule has 5 heteroatoms. The third-order valence-electron chi connectivity index (χ3n) is 4.92. The van der Waals surface area contributed by atoms with Gasteiger partial charge < -0.3 is 15.5 Å². The molecular formula is C19H28N4O. The van der Waals surface area contributed by atoms with Crippen LogP contribution in [0.5, 0.6) is 0 Å². The van der Waals surface area contributed by atoms with E-state index in [4.69, 9.17) is 0 Å². The summed E-state index contributed by atoms with van der Waals surface area (Å²) in [5.41, 5.74) is 2.41. The van der Waals surface area contributed by atoms with Gasteiger partial charge in [-0.15, -0.1) is 0 Å². The molecule has 130 valence electrons. The molecule has 1 amide bonds. The van der Waals surface area contributed by atoms with Crippen molar-refractivity contribution in [3.8, 4) is 0 Å². The fourth-order valence-corrected chi connectivity index (χ4v) is 3.57. The molecule has 3 rings (SSSR count). The Morgan fingerprint density at radius 3 is 2.75 bits per heavy atom. The summed E-state index contributed by atoms with van der Waals surface area (Å²) < 4.78 is 0. The van der Waals surface area contributed by atoms with Gasteiger partial charge >= 0.3 is 0 Å². The summed E-state index contributed by atoms with van der Waals surface area (Å²) in [4.78, 5) is 18.0. The first-order valence-corrected chi connectivity index (χ1v) is 9.07. The second kappa shape index (κ2) is 8.18. The van der Waals surface area contributed by atoms with Crippen molar-refractivity contribution >= 4 is 11.9 Å². The fraction of sp³-hybridized carbons (Fsp3) is 0.579. The first kappa shape index (κ1) is 16.8. The molecule has 1 aliphatic heterocycles. The molecule has 0 spiro atoms. The summed E-state index contributed by atoms with van der Waals surface area (Å²) in [6.45, 7) is 2.36. The summed E-state index contributed by atoms with van der Waals surface area (Å²) in [6.07, 6.45) is 6.78. The Balaban J connectivity index is 1.52. The molecule has 1 heterocycles. The van der Waals surface area contributed by atoms with Crippen molar-refractivity contribution in [3.63, 3.8) is 0 Å². The Bertz CT molecular complexity index is 593. The van der Waals surface area contributed by atoms with Crippen LogP contribution in [0.25, 0.3) is 0 Å². The summed E-state index contributed by atoms with van der Waals surface area (Å²) >= 11 is 0. The van der Waals surface area contributed by atoms with Crippen LogP contribution < -0.4 is 10.6 Å². The molecule has 0 bridgehead atoms. The van der Waals surface area contributed by atoms with Crippen molar-refractivity contribution in [1.29, 1.82) is 0 Å². The molecule has 1 aromatic carbocycles. The second-order valence-electron chi connectivity index (χ2n) is 6.79. The summed E-state index contributed by atoms with van der Waals surface area (Å²) in [5, 5.41) is 6.90. The molecule has 1 aromatic rings. The van der Waals surface area contributed by atoms with Crippen molar-refractivity contribution in [2.75, 3.05) is 13.6 Å². The van der Waals surface area contributed by atoms with Gasteiger partial charge in [-0.3, -0.25) is 9.79 Å². The zero-order valence-electron chi connectivity index (χ0n) is 14.6. The molecule has 24 heavy (non-hydrogen) atoms. The normalized spacial score (nSPS) is 19.1. The number of rotatable bonds is 5. The molecule has 1 aliphatic carbocycles. The minimum Gasteiger partial charge on any atom is -0.354 e. The number of guanidine groups is 1. The molecular weight excluding hydrogens is 300 g/mol. The quantitative estimate of drug-likeness (QED) is 0.645. The summed E-state index contributed by atoms with van der Waals surface area (Å²) in [5.74, 6) is 1.15. The zero-order valence-corrected chi connectivity index (χ0v) is 14.6. The standard InChI is InChI=1S/C19H28N4O/c1-20-19(22-17-8-2-3-9-17)21-13-15-6-4-7-16(12-15)14-23-11-5-10-18(23)24/h4,6-7,12,17H,2-3,5,8-11,13-14H2,1H3,(H2,20,21,22). The second-order valence-corrected chi connectivity index (χ2v) is 6.79. The third-order valence-corrected chi connectivity index (χ3v) is 4.92. The first-order chi connectivity index (χ1) is 11.7. The average molecular weight is 328 g/mol. The number of carbonyl (C=O) groups is 1. The van der Waals surface area contributed by atoms with Crippen LogP contribution in [0.15, 0.2) is 29.3 Å². The van der Waals surface area contributed by atoms with Gasteiger partial charge in [0.1, 0.15) is 0 Å². The van der Waals surface area contributed by atoms with Crippen LogP contribution >= 0.6 is 0 Å². The first-order valence-electron chi connectivity index (χ1n) is 9.07. The molecule has 2 N–H and O–H groups in total. The topological polar surface area (TPSA) is 56.7 Å². The van der Waals surface area contributed by atoms with Crippen LogP contribution in [0.2, 0.25) is 0 Å². The van der Waals surface area contributed by atoms with Gasteiger partial charge in [0.15, 0.2) is 5.96 Å². The summed E-state index contributed by atoms with van der Waals surface area (Å²) in [6, 6.07) is 9.02. The van der Waals surface area contributed by atoms with Crippen molar-refractivity contribution in [3.05, 3.63) is 35.4 Å². The minimum absolute atomic E-state index is 0.277. The predicted molar refractivity (Wildman–Crippen MR) is 96.7 cm³/mol. The van der Waals surface area contributed by atoms with E-state index in [0.717, 1.165) is 32.0 Å². The van der Waals surface area contributed by atoms with E-state index in [1.165, 1.54) is 36.8 Å². The average Bonchev–Trinajstić information content (AvgIpc) is 3.24. The number of hydrogen-bond donors (Lipinski definition) is 2. The van der Waals surface area contributed by atoms with Crippen LogP contribution in [0.4, 0.5) is 0 Å². The number of aliphatic imine (C=N–C) groups is 1. The van der Waals surface area contributed by atoms with E-state index in [-0.39, 0.29) is 5.91 Å². The molecule has 1 saturated heterocycles. The Labute approximate surface area is 144 Å². The van der Waals surface area contributed by atoms with E-state index in [0.29, 0.717) is 12.5 Å². The van der Waals surface area contributed by atoms with Gasteiger partial charge in [0.2, 0.25) is 5.91 Å². The van der Waals surface area contributed by atoms with Gasteiger partial charge in [-0.1, -0.05) is 37.1 Å². The van der Waals surface area contributed by atoms with Crippen LogP contribution in [0.3, 0.4) is 0 Å². The van der Waals surface area contributed by atoms with E-state index < -0.39 is 0 Å². The van der Waals surface area contributed by atoms with Crippen LogP contribution in [-0.2, 0) is 17.9 Å². The Kier molecular flexibility index (Phi) is 5.72. The number of nitrogens with zero attached hydrogens (tertiary/aromatic N) is 2. The highest BCUT2D eigenvalue weighted by Gasteiger charge is 2.20. The Morgan fingerprint density at radius 2 is 2.04 bits per heavy atom. The third kappa shape index (κ3) is 4.49. The maximum Gasteiger partial charge on any atom is 0.222 e. The highest BCUT2D eigenvalue weighted by molar-refractivity contribution is 5.80. The van der Waals surface area contributed by atoms with Gasteiger partial charge in [0, 0.05) is 39.1 Å². The van der Waals surface area contributed by atoms with E-state index in [1.807, 2.05) is 11.9 Å². The van der Waals surface area contributed by atoms with Gasteiger partial charge in [-0.05, 0) is 30.4 Å². The molecule has 2 aliphatic rings. The maximum absolute atomic E-state index is 11.8. The lowest BCUT2D eigenvalue weighted by atomic mass is 10.1. The van der Waals surface area contributed by atoms with Crippen molar-refractivity contribution in [2.24, 2.45) is 4.99 Å². The van der Waals surface area contributed by atoms with Crippen molar-refractivity contribution in [2.45, 2.75) is 57.7 Å². The monoisotopic (exact) mass is 328 g/mol. The predicted octanol–water partition coefficient (Wildman–Crippen LogP) is 2.42. The molecule has 0 unspecified atom stereocenters. The lowest BCUT2D eigenvalue weighted by Crippen LogP contribution is -2.41. The number of nitrogens with one attached hydrogen (secondary N) is 2. The Hall–Kier alpha value is -2.04. The number of hydrogen-bond acceptors (Lipinski definition) is 2. The SMILES string of the molecule is CN=C(NCc1cccc(CN2CCCC2=O)c1)NC1CCCC1. The molecule has 1 saturated carbocycles. The smallest absolute Gasteiger partial charge is 0.222 e. The lowest BCUT2D eigenvalue weighted by Gasteiger charge is -2.18. The number of amides is 1. The van der Waals surface area contributed by atoms with Gasteiger partial charge in [-0.2, -0.15) is 0 Å². The molecule has 0 atom stereocenters. The molecule has 0 aromatic heterocycles. The molecule has 5 nitrogen and oxygen atoms in total. The zero-order chi connectivity index (χ0) is 16.8. The lowest BCUT2D eigenvalue weighted by molar-refractivity contribution is -0.128. The number of likely N-dealkylation sites (tertiary alicyclic amines) is 1. The minimum atomic E-state index is 0.277. The van der Waals surface area contributed by atoms with Crippen molar-refractivity contribution in [1.82, 2.24) is 15.5 Å². The van der Waals surface area contributed by atoms with Crippen LogP contribution in [0.1, 0.15) is 49.7 Å². The van der Waals surface area contributed by atoms with Gasteiger partial charge in [-0.25, -0.2) is 0 Å². The highest BCUT2D eigenvalue weighted by Crippen LogP contribution is 2.17. The maximum atomic E-state index is 11.8. The number of carbonyl (C=O) groups excluding carboxylic acids is 1.